The van der Waals surface area contributed by atoms with Crippen LogP contribution in [0.3, 0.4) is 0 Å². The minimum Gasteiger partial charge on any atom is -0.488 e. The first-order valence-electron chi connectivity index (χ1n) is 16.6. The molecule has 3 atom stereocenters. The van der Waals surface area contributed by atoms with Crippen LogP contribution < -0.4 is 21.1 Å². The maximum absolute atomic E-state index is 13.6. The first-order chi connectivity index (χ1) is 23.6. The molecule has 1 heterocycles. The number of nitrogen functional groups attached to an aromatic ring is 1. The van der Waals surface area contributed by atoms with Crippen LogP contribution in [0.15, 0.2) is 97.1 Å². The third-order valence-electron chi connectivity index (χ3n) is 8.78. The molecule has 10 nitrogen and oxygen atoms in total. The Balaban J connectivity index is 1.29. The Morgan fingerprint density at radius 2 is 1.69 bits per heavy atom. The number of carbonyl (C=O) groups is 3. The molecule has 0 bridgehead atoms. The number of carbonyl (C=O) groups excluding carboxylic acids is 3. The number of ether oxygens (including phenoxy) is 1. The van der Waals surface area contributed by atoms with Gasteiger partial charge in [0.1, 0.15) is 11.9 Å². The van der Waals surface area contributed by atoms with Crippen molar-refractivity contribution in [3.05, 3.63) is 119 Å². The zero-order valence-electron chi connectivity index (χ0n) is 28.3. The molecule has 0 aromatic heterocycles. The minimum atomic E-state index is -0.363. The number of hydrogen-bond acceptors (Lipinski definition) is 7. The predicted molar refractivity (Wildman–Crippen MR) is 192 cm³/mol. The average Bonchev–Trinajstić information content (AvgIpc) is 3.13. The number of benzene rings is 4. The Labute approximate surface area is 287 Å². The van der Waals surface area contributed by atoms with Gasteiger partial charge in [0, 0.05) is 42.4 Å². The summed E-state index contributed by atoms with van der Waals surface area (Å²) >= 11 is 0. The van der Waals surface area contributed by atoms with Gasteiger partial charge >= 0.3 is 0 Å². The first kappa shape index (κ1) is 35.1. The molecule has 5 rings (SSSR count). The number of anilines is 3. The largest absolute Gasteiger partial charge is 0.488 e. The van der Waals surface area contributed by atoms with Gasteiger partial charge in [0.25, 0.3) is 5.91 Å². The lowest BCUT2D eigenvalue weighted by Crippen LogP contribution is -2.47. The van der Waals surface area contributed by atoms with Crippen molar-refractivity contribution in [3.63, 3.8) is 0 Å². The highest BCUT2D eigenvalue weighted by Crippen LogP contribution is 2.29. The highest BCUT2D eigenvalue weighted by Gasteiger charge is 2.31. The van der Waals surface area contributed by atoms with Gasteiger partial charge in [-0.15, -0.1) is 0 Å². The number of likely N-dealkylation sites (N-methyl/N-ethyl adjacent to an activating group) is 1. The number of aliphatic hydroxyl groups is 1. The van der Waals surface area contributed by atoms with Crippen molar-refractivity contribution in [2.24, 2.45) is 5.92 Å². The lowest BCUT2D eigenvalue weighted by Gasteiger charge is -2.34. The van der Waals surface area contributed by atoms with Crippen molar-refractivity contribution in [3.8, 4) is 5.75 Å². The molecule has 0 radical (unpaired) electrons. The van der Waals surface area contributed by atoms with E-state index in [2.05, 4.69) is 22.5 Å². The summed E-state index contributed by atoms with van der Waals surface area (Å²) in [5.41, 5.74) is 10.8. The van der Waals surface area contributed by atoms with Gasteiger partial charge in [0.2, 0.25) is 11.8 Å². The Kier molecular flexibility index (Phi) is 11.7. The summed E-state index contributed by atoms with van der Waals surface area (Å²) in [6.07, 6.45) is 0.0245. The fourth-order valence-corrected chi connectivity index (χ4v) is 5.96. The zero-order chi connectivity index (χ0) is 34.9. The van der Waals surface area contributed by atoms with Gasteiger partial charge < -0.3 is 31.1 Å². The van der Waals surface area contributed by atoms with Crippen LogP contribution in [0.25, 0.3) is 0 Å². The van der Waals surface area contributed by atoms with Gasteiger partial charge in [0.05, 0.1) is 36.9 Å². The molecule has 4 aromatic carbocycles. The zero-order valence-corrected chi connectivity index (χ0v) is 28.3. The monoisotopic (exact) mass is 663 g/mol. The Bertz CT molecular complexity index is 1750. The van der Waals surface area contributed by atoms with E-state index in [0.717, 1.165) is 11.1 Å². The Hall–Kier alpha value is -5.19. The van der Waals surface area contributed by atoms with Gasteiger partial charge in [-0.05, 0) is 67.6 Å². The van der Waals surface area contributed by atoms with Crippen molar-refractivity contribution in [2.45, 2.75) is 45.4 Å². The topological polar surface area (TPSA) is 137 Å². The number of aliphatic hydroxyl groups excluding tert-OH is 1. The predicted octanol–water partition coefficient (Wildman–Crippen LogP) is 4.98. The minimum absolute atomic E-state index is 0.0619. The van der Waals surface area contributed by atoms with Crippen LogP contribution in [-0.2, 0) is 29.0 Å². The number of hydrogen-bond donors (Lipinski definition) is 4. The number of rotatable bonds is 11. The maximum Gasteiger partial charge on any atom is 0.255 e. The SMILES string of the molecule is C[C@H]1CN([C@@H](C)CO)C(=O)Cc2cc(NC(=O)Cc3ccccc3)ccc2O[C@H]1CN(C)Cc1ccc(C(=O)Nc2ccccc2N)cc1. The number of nitrogens with zero attached hydrogens (tertiary/aromatic N) is 2. The van der Waals surface area contributed by atoms with Crippen molar-refractivity contribution in [1.82, 2.24) is 9.80 Å². The quantitative estimate of drug-likeness (QED) is 0.166. The second-order valence-electron chi connectivity index (χ2n) is 12.9. The van der Waals surface area contributed by atoms with E-state index in [-0.39, 0.29) is 55.2 Å². The molecule has 0 spiro atoms. The molecule has 49 heavy (non-hydrogen) atoms. The number of nitrogens with two attached hydrogens (primary N) is 1. The maximum atomic E-state index is 13.6. The van der Waals surface area contributed by atoms with E-state index in [4.69, 9.17) is 10.5 Å². The number of fused-ring (bicyclic) bond motifs is 1. The fourth-order valence-electron chi connectivity index (χ4n) is 5.96. The third-order valence-corrected chi connectivity index (χ3v) is 8.78. The fraction of sp³-hybridized carbons (Fsp3) is 0.308. The van der Waals surface area contributed by atoms with Crippen LogP contribution >= 0.6 is 0 Å². The summed E-state index contributed by atoms with van der Waals surface area (Å²) < 4.78 is 6.66. The molecular weight excluding hydrogens is 618 g/mol. The van der Waals surface area contributed by atoms with Gasteiger partial charge in [-0.25, -0.2) is 0 Å². The second kappa shape index (κ2) is 16.3. The summed E-state index contributed by atoms with van der Waals surface area (Å²) in [6.45, 7) is 5.32. The van der Waals surface area contributed by atoms with Crippen molar-refractivity contribution in [2.75, 3.05) is 43.1 Å². The molecule has 10 heteroatoms. The molecule has 1 aliphatic heterocycles. The molecule has 0 saturated heterocycles. The van der Waals surface area contributed by atoms with Gasteiger partial charge in [-0.2, -0.15) is 0 Å². The van der Waals surface area contributed by atoms with E-state index in [1.54, 1.807) is 41.3 Å². The lowest BCUT2D eigenvalue weighted by molar-refractivity contribution is -0.134. The number of para-hydroxylation sites is 2. The van der Waals surface area contributed by atoms with Crippen LogP contribution in [0, 0.1) is 5.92 Å². The molecule has 256 valence electrons. The van der Waals surface area contributed by atoms with Crippen LogP contribution in [0.5, 0.6) is 5.75 Å². The molecule has 0 fully saturated rings. The standard InChI is InChI=1S/C39H45N5O5/c1-26-22-44(27(2)25-45)38(47)21-31-20-32(41-37(46)19-28-9-5-4-6-10-28)17-18-35(31)49-36(26)24-43(3)23-29-13-15-30(16-14-29)39(48)42-34-12-8-7-11-33(34)40/h4-18,20,26-27,36,45H,19,21-25,40H2,1-3H3,(H,41,46)(H,42,48)/t26-,27-,36-/m0/s1. The molecule has 5 N–H and O–H groups in total. The van der Waals surface area contributed by atoms with Crippen LogP contribution in [0.4, 0.5) is 17.1 Å². The van der Waals surface area contributed by atoms with Gasteiger partial charge in [0.15, 0.2) is 0 Å². The Morgan fingerprint density at radius 1 is 0.980 bits per heavy atom. The summed E-state index contributed by atoms with van der Waals surface area (Å²) in [6, 6.07) is 29.2. The summed E-state index contributed by atoms with van der Waals surface area (Å²) in [5, 5.41) is 15.8. The van der Waals surface area contributed by atoms with Gasteiger partial charge in [-0.3, -0.25) is 19.3 Å². The second-order valence-corrected chi connectivity index (χ2v) is 12.9. The van der Waals surface area contributed by atoms with Crippen LogP contribution in [0.1, 0.15) is 40.9 Å². The molecule has 4 aromatic rings. The summed E-state index contributed by atoms with van der Waals surface area (Å²) in [4.78, 5) is 43.1. The molecule has 0 saturated carbocycles. The van der Waals surface area contributed by atoms with E-state index in [0.29, 0.717) is 53.6 Å². The third kappa shape index (κ3) is 9.46. The molecular formula is C39H45N5O5. The molecule has 1 aliphatic rings. The smallest absolute Gasteiger partial charge is 0.255 e. The van der Waals surface area contributed by atoms with E-state index >= 15 is 0 Å². The van der Waals surface area contributed by atoms with E-state index in [1.165, 1.54) is 0 Å². The summed E-state index contributed by atoms with van der Waals surface area (Å²) in [5.74, 6) is 0.0267. The van der Waals surface area contributed by atoms with Crippen LogP contribution in [-0.4, -0.2) is 71.5 Å². The highest BCUT2D eigenvalue weighted by atomic mass is 16.5. The van der Waals surface area contributed by atoms with E-state index in [9.17, 15) is 19.5 Å². The van der Waals surface area contributed by atoms with Crippen molar-refractivity contribution < 1.29 is 24.2 Å². The van der Waals surface area contributed by atoms with Gasteiger partial charge in [-0.1, -0.05) is 61.5 Å². The normalized spacial score (nSPS) is 16.8. The molecule has 0 aliphatic carbocycles. The van der Waals surface area contributed by atoms with E-state index < -0.39 is 0 Å². The lowest BCUT2D eigenvalue weighted by atomic mass is 10.0. The molecule has 3 amide bonds. The molecule has 0 unspecified atom stereocenters. The first-order valence-corrected chi connectivity index (χ1v) is 16.6. The van der Waals surface area contributed by atoms with Crippen molar-refractivity contribution in [1.29, 1.82) is 0 Å². The van der Waals surface area contributed by atoms with E-state index in [1.807, 2.05) is 74.6 Å². The number of nitrogens with one attached hydrogen (secondary N) is 2. The van der Waals surface area contributed by atoms with Crippen molar-refractivity contribution >= 4 is 34.8 Å². The number of amides is 3. The summed E-state index contributed by atoms with van der Waals surface area (Å²) in [7, 11) is 2.01. The average molecular weight is 664 g/mol. The van der Waals surface area contributed by atoms with Crippen LogP contribution in [0.2, 0.25) is 0 Å². The Morgan fingerprint density at radius 3 is 2.41 bits per heavy atom. The highest BCUT2D eigenvalue weighted by molar-refractivity contribution is 6.05.